The Morgan fingerprint density at radius 3 is 2.15 bits per heavy atom. The van der Waals surface area contributed by atoms with Gasteiger partial charge in [-0.15, -0.1) is 0 Å². The van der Waals surface area contributed by atoms with Crippen LogP contribution < -0.4 is 14.8 Å². The number of benzene rings is 3. The van der Waals surface area contributed by atoms with Gasteiger partial charge in [0.15, 0.2) is 11.5 Å². The van der Waals surface area contributed by atoms with Crippen molar-refractivity contribution in [1.82, 2.24) is 10.2 Å². The predicted molar refractivity (Wildman–Crippen MR) is 161 cm³/mol. The van der Waals surface area contributed by atoms with Crippen LogP contribution in [-0.4, -0.2) is 42.5 Å². The van der Waals surface area contributed by atoms with Crippen molar-refractivity contribution in [2.75, 3.05) is 19.8 Å². The second-order valence-electron chi connectivity index (χ2n) is 10.1. The van der Waals surface area contributed by atoms with E-state index in [9.17, 15) is 9.59 Å². The number of carbonyl (C=O) groups is 2. The van der Waals surface area contributed by atoms with Crippen molar-refractivity contribution in [3.63, 3.8) is 0 Å². The van der Waals surface area contributed by atoms with Crippen LogP contribution >= 0.6 is 11.6 Å². The second-order valence-corrected chi connectivity index (χ2v) is 10.6. The number of hydrogen-bond donors (Lipinski definition) is 1. The molecule has 2 amide bonds. The van der Waals surface area contributed by atoms with Crippen LogP contribution in [0.1, 0.15) is 50.8 Å². The van der Waals surface area contributed by atoms with E-state index in [1.54, 1.807) is 17.0 Å². The summed E-state index contributed by atoms with van der Waals surface area (Å²) in [7, 11) is 0. The molecule has 214 valence electrons. The van der Waals surface area contributed by atoms with E-state index in [1.165, 1.54) is 0 Å². The van der Waals surface area contributed by atoms with Gasteiger partial charge in [-0.05, 0) is 67.1 Å². The summed E-state index contributed by atoms with van der Waals surface area (Å²) >= 11 is 6.12. The Morgan fingerprint density at radius 1 is 0.850 bits per heavy atom. The number of nitrogens with one attached hydrogen (secondary N) is 1. The van der Waals surface area contributed by atoms with E-state index < -0.39 is 6.04 Å². The molecule has 0 saturated heterocycles. The molecule has 6 nitrogen and oxygen atoms in total. The lowest BCUT2D eigenvalue weighted by Crippen LogP contribution is -2.51. The van der Waals surface area contributed by atoms with Gasteiger partial charge in [-0.1, -0.05) is 74.0 Å². The molecular formula is C33H41ClN2O4. The Labute approximate surface area is 243 Å². The number of hydrogen-bond acceptors (Lipinski definition) is 4. The Balaban J connectivity index is 1.89. The molecule has 0 saturated carbocycles. The van der Waals surface area contributed by atoms with Crippen molar-refractivity contribution in [1.29, 1.82) is 0 Å². The van der Waals surface area contributed by atoms with E-state index in [4.69, 9.17) is 21.1 Å². The van der Waals surface area contributed by atoms with E-state index in [0.29, 0.717) is 61.6 Å². The number of carbonyl (C=O) groups excluding carboxylic acids is 2. The van der Waals surface area contributed by atoms with Gasteiger partial charge in [0.25, 0.3) is 0 Å². The van der Waals surface area contributed by atoms with Crippen LogP contribution in [-0.2, 0) is 29.0 Å². The summed E-state index contributed by atoms with van der Waals surface area (Å²) in [5.74, 6) is 1.40. The Morgan fingerprint density at radius 2 is 1.50 bits per heavy atom. The number of halogens is 1. The van der Waals surface area contributed by atoms with E-state index in [1.807, 2.05) is 74.5 Å². The van der Waals surface area contributed by atoms with E-state index >= 15 is 0 Å². The number of aryl methyl sites for hydroxylation is 1. The van der Waals surface area contributed by atoms with Crippen molar-refractivity contribution in [2.24, 2.45) is 5.92 Å². The van der Waals surface area contributed by atoms with Crippen molar-refractivity contribution in [3.8, 4) is 11.5 Å². The zero-order valence-electron chi connectivity index (χ0n) is 24.0. The first kappa shape index (κ1) is 31.0. The molecule has 0 aliphatic rings. The smallest absolute Gasteiger partial charge is 0.243 e. The quantitative estimate of drug-likeness (QED) is 0.229. The molecule has 0 heterocycles. The fraction of sp³-hybridized carbons (Fsp3) is 0.394. The third-order valence-electron chi connectivity index (χ3n) is 6.46. The molecule has 0 aromatic heterocycles. The van der Waals surface area contributed by atoms with Crippen LogP contribution in [0.5, 0.6) is 11.5 Å². The molecule has 0 bridgehead atoms. The SMILES string of the molecule is CCOc1ccc(CCC(=O)N(Cc2ccc(Cl)cc2)[C@H](Cc2ccccc2)C(=O)NCC(C)C)cc1OCC. The molecular weight excluding hydrogens is 524 g/mol. The first-order valence-corrected chi connectivity index (χ1v) is 14.4. The van der Waals surface area contributed by atoms with Gasteiger partial charge >= 0.3 is 0 Å². The van der Waals surface area contributed by atoms with Gasteiger partial charge in [-0.25, -0.2) is 0 Å². The predicted octanol–water partition coefficient (Wildman–Crippen LogP) is 6.48. The molecule has 3 aromatic carbocycles. The van der Waals surface area contributed by atoms with Gasteiger partial charge in [0.2, 0.25) is 11.8 Å². The normalized spacial score (nSPS) is 11.7. The zero-order chi connectivity index (χ0) is 28.9. The van der Waals surface area contributed by atoms with Crippen molar-refractivity contribution in [3.05, 3.63) is 94.5 Å². The maximum absolute atomic E-state index is 13.9. The summed E-state index contributed by atoms with van der Waals surface area (Å²) < 4.78 is 11.5. The standard InChI is InChI=1S/C33H41ClN2O4/c1-5-39-30-18-14-26(21-31(30)40-6-2)15-19-32(37)36(23-27-12-16-28(34)17-13-27)29(33(38)35-22-24(3)4)20-25-10-8-7-9-11-25/h7-14,16-18,21,24,29H,5-6,15,19-20,22-23H2,1-4H3,(H,35,38)/t29-/m1/s1. The van der Waals surface area contributed by atoms with Gasteiger partial charge < -0.3 is 19.7 Å². The minimum absolute atomic E-state index is 0.0950. The molecule has 0 aliphatic carbocycles. The van der Waals surface area contributed by atoms with Crippen LogP contribution in [0.4, 0.5) is 0 Å². The molecule has 0 fully saturated rings. The molecule has 40 heavy (non-hydrogen) atoms. The van der Waals surface area contributed by atoms with Crippen LogP contribution in [0.25, 0.3) is 0 Å². The number of nitrogens with zero attached hydrogens (tertiary/aromatic N) is 1. The average Bonchev–Trinajstić information content (AvgIpc) is 2.95. The zero-order valence-corrected chi connectivity index (χ0v) is 24.7. The topological polar surface area (TPSA) is 67.9 Å². The summed E-state index contributed by atoms with van der Waals surface area (Å²) in [6.45, 7) is 9.87. The van der Waals surface area contributed by atoms with Crippen molar-refractivity contribution < 1.29 is 19.1 Å². The van der Waals surface area contributed by atoms with Crippen molar-refractivity contribution in [2.45, 2.75) is 59.5 Å². The second kappa shape index (κ2) is 15.9. The number of rotatable bonds is 15. The highest BCUT2D eigenvalue weighted by atomic mass is 35.5. The number of amides is 2. The summed E-state index contributed by atoms with van der Waals surface area (Å²) in [6, 6.07) is 22.3. The molecule has 0 unspecified atom stereocenters. The fourth-order valence-electron chi connectivity index (χ4n) is 4.41. The van der Waals surface area contributed by atoms with Gasteiger partial charge in [0.1, 0.15) is 6.04 Å². The highest BCUT2D eigenvalue weighted by Gasteiger charge is 2.30. The summed E-state index contributed by atoms with van der Waals surface area (Å²) in [6.07, 6.45) is 1.17. The highest BCUT2D eigenvalue weighted by Crippen LogP contribution is 2.29. The lowest BCUT2D eigenvalue weighted by molar-refractivity contribution is -0.141. The maximum Gasteiger partial charge on any atom is 0.243 e. The molecule has 3 rings (SSSR count). The van der Waals surface area contributed by atoms with Crippen LogP contribution in [0.15, 0.2) is 72.8 Å². The van der Waals surface area contributed by atoms with Crippen molar-refractivity contribution >= 4 is 23.4 Å². The summed E-state index contributed by atoms with van der Waals surface area (Å²) in [4.78, 5) is 29.2. The van der Waals surface area contributed by atoms with E-state index in [-0.39, 0.29) is 18.2 Å². The monoisotopic (exact) mass is 564 g/mol. The maximum atomic E-state index is 13.9. The Bertz CT molecular complexity index is 1210. The molecule has 7 heteroatoms. The van der Waals surface area contributed by atoms with Gasteiger partial charge in [0.05, 0.1) is 13.2 Å². The van der Waals surface area contributed by atoms with Crippen LogP contribution in [0.3, 0.4) is 0 Å². The molecule has 0 spiro atoms. The average molecular weight is 565 g/mol. The first-order chi connectivity index (χ1) is 19.3. The number of ether oxygens (including phenoxy) is 2. The van der Waals surface area contributed by atoms with Gasteiger partial charge in [-0.3, -0.25) is 9.59 Å². The molecule has 1 atom stereocenters. The first-order valence-electron chi connectivity index (χ1n) is 14.0. The van der Waals surface area contributed by atoms with Crippen LogP contribution in [0.2, 0.25) is 5.02 Å². The summed E-state index contributed by atoms with van der Waals surface area (Å²) in [5, 5.41) is 3.68. The third kappa shape index (κ3) is 9.60. The Kier molecular flexibility index (Phi) is 12.4. The molecule has 3 aromatic rings. The van der Waals surface area contributed by atoms with E-state index in [2.05, 4.69) is 19.2 Å². The third-order valence-corrected chi connectivity index (χ3v) is 6.71. The van der Waals surface area contributed by atoms with E-state index in [0.717, 1.165) is 16.7 Å². The van der Waals surface area contributed by atoms with Gasteiger partial charge in [-0.2, -0.15) is 0 Å². The van der Waals surface area contributed by atoms with Gasteiger partial charge in [0, 0.05) is 31.0 Å². The summed E-state index contributed by atoms with van der Waals surface area (Å²) in [5.41, 5.74) is 2.87. The highest BCUT2D eigenvalue weighted by molar-refractivity contribution is 6.30. The largest absolute Gasteiger partial charge is 0.490 e. The minimum atomic E-state index is -0.663. The Hall–Kier alpha value is -3.51. The van der Waals surface area contributed by atoms with Crippen LogP contribution in [0, 0.1) is 5.92 Å². The molecule has 0 aliphatic heterocycles. The fourth-order valence-corrected chi connectivity index (χ4v) is 4.53. The lowest BCUT2D eigenvalue weighted by atomic mass is 10.0. The molecule has 0 radical (unpaired) electrons. The molecule has 1 N–H and O–H groups in total. The minimum Gasteiger partial charge on any atom is -0.490 e. The lowest BCUT2D eigenvalue weighted by Gasteiger charge is -2.32.